The summed E-state index contributed by atoms with van der Waals surface area (Å²) in [5.41, 5.74) is 0. The van der Waals surface area contributed by atoms with Gasteiger partial charge < -0.3 is 26.2 Å². The molecule has 0 rings (SSSR count). The Morgan fingerprint density at radius 2 is 0.941 bits per heavy atom. The van der Waals surface area contributed by atoms with Crippen LogP contribution in [-0.4, -0.2) is 44.2 Å². The van der Waals surface area contributed by atoms with Crippen molar-refractivity contribution in [2.45, 2.75) is 142 Å². The van der Waals surface area contributed by atoms with Gasteiger partial charge in [0.15, 0.2) is 0 Å². The first-order valence-corrected chi connectivity index (χ1v) is 14.6. The maximum atomic E-state index is 10.9. The van der Waals surface area contributed by atoms with Gasteiger partial charge in [-0.3, -0.25) is 0 Å². The van der Waals surface area contributed by atoms with Crippen molar-refractivity contribution in [2.75, 3.05) is 33.8 Å². The number of carbonyl (C=O) groups excluding carboxylic acids is 1. The molecule has 0 aliphatic carbocycles. The number of quaternary nitrogens is 1. The highest BCUT2D eigenvalue weighted by Gasteiger charge is 2.13. The molecule has 204 valence electrons. The number of nitrogens with zero attached hydrogens (tertiary/aromatic N) is 1. The van der Waals surface area contributed by atoms with Gasteiger partial charge in [-0.25, -0.2) is 4.79 Å². The van der Waals surface area contributed by atoms with Crippen molar-refractivity contribution in [2.24, 2.45) is 0 Å². The summed E-state index contributed by atoms with van der Waals surface area (Å²) < 4.78 is 6.20. The second kappa shape index (κ2) is 27.2. The molecular formula is C30H60BrNO2. The van der Waals surface area contributed by atoms with E-state index in [0.717, 1.165) is 12.8 Å². The molecule has 0 saturated heterocycles. The monoisotopic (exact) mass is 545 g/mol. The minimum atomic E-state index is -0.300. The summed E-state index contributed by atoms with van der Waals surface area (Å²) >= 11 is 0. The average Bonchev–Trinajstić information content (AvgIpc) is 2.80. The Hall–Kier alpha value is -0.350. The van der Waals surface area contributed by atoms with Crippen LogP contribution in [0.15, 0.2) is 12.7 Å². The minimum Gasteiger partial charge on any atom is -1.00 e. The van der Waals surface area contributed by atoms with Gasteiger partial charge in [-0.05, 0) is 32.1 Å². The molecule has 4 heteroatoms. The molecule has 0 heterocycles. The highest BCUT2D eigenvalue weighted by Crippen LogP contribution is 2.14. The Labute approximate surface area is 224 Å². The third-order valence-corrected chi connectivity index (χ3v) is 6.94. The van der Waals surface area contributed by atoms with Crippen LogP contribution in [0.25, 0.3) is 0 Å². The fourth-order valence-electron chi connectivity index (χ4n) is 4.60. The van der Waals surface area contributed by atoms with E-state index in [0.29, 0.717) is 6.61 Å². The largest absolute Gasteiger partial charge is 1.00 e. The molecule has 0 saturated carbocycles. The lowest BCUT2D eigenvalue weighted by Crippen LogP contribution is -3.00. The number of ether oxygens (including phenoxy) is 1. The van der Waals surface area contributed by atoms with Crippen molar-refractivity contribution in [3.8, 4) is 0 Å². The van der Waals surface area contributed by atoms with Gasteiger partial charge in [0.05, 0.1) is 33.8 Å². The van der Waals surface area contributed by atoms with Crippen molar-refractivity contribution in [3.63, 3.8) is 0 Å². The third kappa shape index (κ3) is 27.9. The van der Waals surface area contributed by atoms with E-state index in [1.54, 1.807) is 0 Å². The molecule has 0 amide bonds. The van der Waals surface area contributed by atoms with Gasteiger partial charge in [0.25, 0.3) is 0 Å². The van der Waals surface area contributed by atoms with E-state index < -0.39 is 0 Å². The second-order valence-corrected chi connectivity index (χ2v) is 10.8. The number of halogens is 1. The summed E-state index contributed by atoms with van der Waals surface area (Å²) in [6.45, 7) is 8.92. The van der Waals surface area contributed by atoms with Crippen LogP contribution in [0.5, 0.6) is 0 Å². The number of carbonyl (C=O) groups is 1. The quantitative estimate of drug-likeness (QED) is 0.0575. The summed E-state index contributed by atoms with van der Waals surface area (Å²) in [4.78, 5) is 10.9. The van der Waals surface area contributed by atoms with Crippen molar-refractivity contribution < 1.29 is 31.0 Å². The zero-order chi connectivity index (χ0) is 24.5. The van der Waals surface area contributed by atoms with Gasteiger partial charge in [0.2, 0.25) is 0 Å². The van der Waals surface area contributed by atoms with Gasteiger partial charge in [0, 0.05) is 6.08 Å². The van der Waals surface area contributed by atoms with Crippen molar-refractivity contribution >= 4 is 5.97 Å². The van der Waals surface area contributed by atoms with Crippen LogP contribution in [0.2, 0.25) is 0 Å². The zero-order valence-electron chi connectivity index (χ0n) is 23.4. The fraction of sp³-hybridized carbons (Fsp3) is 0.900. The van der Waals surface area contributed by atoms with E-state index in [9.17, 15) is 4.79 Å². The van der Waals surface area contributed by atoms with Crippen LogP contribution in [-0.2, 0) is 9.53 Å². The van der Waals surface area contributed by atoms with E-state index in [2.05, 4.69) is 27.6 Å². The van der Waals surface area contributed by atoms with Crippen LogP contribution < -0.4 is 17.0 Å². The Kier molecular flexibility index (Phi) is 28.7. The Morgan fingerprint density at radius 3 is 1.29 bits per heavy atom. The minimum absolute atomic E-state index is 0. The first-order valence-electron chi connectivity index (χ1n) is 14.6. The van der Waals surface area contributed by atoms with Gasteiger partial charge in [-0.1, -0.05) is 116 Å². The molecule has 3 nitrogen and oxygen atoms in total. The Morgan fingerprint density at radius 1 is 0.618 bits per heavy atom. The van der Waals surface area contributed by atoms with Gasteiger partial charge in [-0.2, -0.15) is 0 Å². The van der Waals surface area contributed by atoms with Crippen LogP contribution in [0.3, 0.4) is 0 Å². The summed E-state index contributed by atoms with van der Waals surface area (Å²) in [6.07, 6.45) is 30.1. The molecule has 34 heavy (non-hydrogen) atoms. The van der Waals surface area contributed by atoms with E-state index in [1.807, 2.05) is 0 Å². The normalized spacial score (nSPS) is 11.3. The second-order valence-electron chi connectivity index (χ2n) is 10.8. The van der Waals surface area contributed by atoms with E-state index in [-0.39, 0.29) is 23.0 Å². The zero-order valence-corrected chi connectivity index (χ0v) is 25.0. The van der Waals surface area contributed by atoms with E-state index >= 15 is 0 Å². The number of unbranched alkanes of at least 4 members (excludes halogenated alkanes) is 19. The highest BCUT2D eigenvalue weighted by atomic mass is 79.9. The first kappa shape index (κ1) is 35.8. The summed E-state index contributed by atoms with van der Waals surface area (Å²) in [5.74, 6) is -0.300. The molecule has 0 atom stereocenters. The summed E-state index contributed by atoms with van der Waals surface area (Å²) in [7, 11) is 4.84. The predicted molar refractivity (Wildman–Crippen MR) is 146 cm³/mol. The molecule has 0 aliphatic heterocycles. The summed E-state index contributed by atoms with van der Waals surface area (Å²) in [6, 6.07) is 0. The van der Waals surface area contributed by atoms with Gasteiger partial charge in [-0.15, -0.1) is 0 Å². The Balaban J connectivity index is 0. The van der Waals surface area contributed by atoms with E-state index in [4.69, 9.17) is 4.74 Å². The molecule has 0 bridgehead atoms. The molecule has 0 aromatic heterocycles. The Bertz CT molecular complexity index is 440. The maximum absolute atomic E-state index is 10.9. The maximum Gasteiger partial charge on any atom is 0.330 e. The van der Waals surface area contributed by atoms with Crippen LogP contribution >= 0.6 is 0 Å². The molecule has 0 unspecified atom stereocenters. The third-order valence-electron chi connectivity index (χ3n) is 6.94. The molecule has 0 aliphatic rings. The molecule has 0 radical (unpaired) electrons. The number of rotatable bonds is 26. The van der Waals surface area contributed by atoms with Crippen LogP contribution in [0.1, 0.15) is 142 Å². The number of esters is 1. The van der Waals surface area contributed by atoms with Crippen molar-refractivity contribution in [1.82, 2.24) is 0 Å². The van der Waals surface area contributed by atoms with E-state index in [1.165, 1.54) is 146 Å². The van der Waals surface area contributed by atoms with Gasteiger partial charge in [0.1, 0.15) is 0 Å². The SMILES string of the molecule is C=CC(=O)OCCCCCCCCCCC[N+](C)(C)CCCCCCCCCCCCCC.[Br-]. The average molecular weight is 547 g/mol. The molecule has 0 aromatic carbocycles. The smallest absolute Gasteiger partial charge is 0.330 e. The highest BCUT2D eigenvalue weighted by molar-refractivity contribution is 5.81. The molecular weight excluding hydrogens is 486 g/mol. The molecule has 0 aromatic rings. The van der Waals surface area contributed by atoms with Crippen molar-refractivity contribution in [1.29, 1.82) is 0 Å². The van der Waals surface area contributed by atoms with Crippen LogP contribution in [0.4, 0.5) is 0 Å². The number of hydrogen-bond donors (Lipinski definition) is 0. The van der Waals surface area contributed by atoms with Crippen LogP contribution in [0, 0.1) is 0 Å². The predicted octanol–water partition coefficient (Wildman–Crippen LogP) is 6.01. The molecule has 0 N–H and O–H groups in total. The lowest BCUT2D eigenvalue weighted by molar-refractivity contribution is -0.890. The van der Waals surface area contributed by atoms with Crippen molar-refractivity contribution in [3.05, 3.63) is 12.7 Å². The fourth-order valence-corrected chi connectivity index (χ4v) is 4.60. The topological polar surface area (TPSA) is 26.3 Å². The van der Waals surface area contributed by atoms with Gasteiger partial charge >= 0.3 is 5.97 Å². The first-order chi connectivity index (χ1) is 16.0. The lowest BCUT2D eigenvalue weighted by atomic mass is 10.0. The number of hydrogen-bond acceptors (Lipinski definition) is 2. The summed E-state index contributed by atoms with van der Waals surface area (Å²) in [5, 5.41) is 0. The molecule has 0 spiro atoms. The lowest BCUT2D eigenvalue weighted by Gasteiger charge is -2.30. The molecule has 0 fully saturated rings. The standard InChI is InChI=1S/C30H60NO2.BrH/c1-5-7-8-9-10-11-12-13-15-18-21-24-27-31(3,4)28-25-22-19-16-14-17-20-23-26-29-33-30(32)6-2;/h6H,2,5,7-29H2,1,3-4H3;1H/q+1;/p-1.